The van der Waals surface area contributed by atoms with Gasteiger partial charge in [0.2, 0.25) is 0 Å². The molecule has 0 aliphatic heterocycles. The molecule has 10 heteroatoms. The molecule has 0 aliphatic rings. The fraction of sp³-hybridized carbons (Fsp3) is 0.0385. The first-order valence-corrected chi connectivity index (χ1v) is 11.4. The molecular formula is C26H20ClN7O2. The Morgan fingerprint density at radius 1 is 0.861 bits per heavy atom. The molecule has 0 spiro atoms. The lowest BCUT2D eigenvalue weighted by molar-refractivity contribution is 0.102. The minimum atomic E-state index is -0.452. The first kappa shape index (κ1) is 23.0. The molecule has 0 saturated heterocycles. The number of benzene rings is 3. The van der Waals surface area contributed by atoms with Crippen molar-refractivity contribution >= 4 is 51.5 Å². The van der Waals surface area contributed by atoms with Crippen LogP contribution in [-0.4, -0.2) is 31.9 Å². The molecule has 3 aromatic carbocycles. The van der Waals surface area contributed by atoms with Crippen LogP contribution in [0.5, 0.6) is 0 Å². The van der Waals surface area contributed by atoms with Crippen LogP contribution < -0.4 is 16.0 Å². The van der Waals surface area contributed by atoms with Gasteiger partial charge < -0.3 is 16.0 Å². The smallest absolute Gasteiger partial charge is 0.322 e. The Balaban J connectivity index is 1.28. The van der Waals surface area contributed by atoms with E-state index in [4.69, 9.17) is 11.6 Å². The molecule has 0 atom stereocenters. The van der Waals surface area contributed by atoms with E-state index in [1.54, 1.807) is 59.4 Å². The summed E-state index contributed by atoms with van der Waals surface area (Å²) in [5, 5.41) is 22.1. The van der Waals surface area contributed by atoms with Crippen molar-refractivity contribution in [2.75, 3.05) is 16.0 Å². The third kappa shape index (κ3) is 5.16. The van der Waals surface area contributed by atoms with Gasteiger partial charge >= 0.3 is 6.03 Å². The number of anilines is 3. The minimum Gasteiger partial charge on any atom is -0.322 e. The van der Waals surface area contributed by atoms with Crippen LogP contribution in [0.4, 0.5) is 21.9 Å². The molecule has 0 radical (unpaired) electrons. The maximum absolute atomic E-state index is 12.9. The minimum absolute atomic E-state index is 0.264. The van der Waals surface area contributed by atoms with Gasteiger partial charge in [0.15, 0.2) is 0 Å². The number of nitrogens with zero attached hydrogens (tertiary/aromatic N) is 4. The van der Waals surface area contributed by atoms with E-state index < -0.39 is 6.03 Å². The molecule has 0 fully saturated rings. The normalized spacial score (nSPS) is 10.7. The van der Waals surface area contributed by atoms with Crippen LogP contribution in [0.15, 0.2) is 85.2 Å². The van der Waals surface area contributed by atoms with E-state index in [1.807, 2.05) is 31.2 Å². The van der Waals surface area contributed by atoms with Crippen LogP contribution in [0.1, 0.15) is 16.1 Å². The van der Waals surface area contributed by atoms with E-state index in [0.717, 1.165) is 16.6 Å². The molecule has 2 aromatic heterocycles. The highest BCUT2D eigenvalue weighted by molar-refractivity contribution is 6.33. The molecule has 36 heavy (non-hydrogen) atoms. The predicted octanol–water partition coefficient (Wildman–Crippen LogP) is 5.67. The van der Waals surface area contributed by atoms with Crippen molar-refractivity contribution in [3.8, 4) is 5.69 Å². The van der Waals surface area contributed by atoms with E-state index in [0.29, 0.717) is 33.3 Å². The first-order chi connectivity index (χ1) is 17.4. The average molecular weight is 498 g/mol. The number of fused-ring (bicyclic) bond motifs is 1. The summed E-state index contributed by atoms with van der Waals surface area (Å²) in [5.74, 6) is -0.264. The van der Waals surface area contributed by atoms with Gasteiger partial charge in [-0.25, -0.2) is 9.48 Å². The van der Waals surface area contributed by atoms with Crippen molar-refractivity contribution in [1.82, 2.24) is 20.0 Å². The Labute approximate surface area is 211 Å². The summed E-state index contributed by atoms with van der Waals surface area (Å²) in [6.07, 6.45) is 3.16. The van der Waals surface area contributed by atoms with Crippen LogP contribution in [0.25, 0.3) is 16.6 Å². The second-order valence-corrected chi connectivity index (χ2v) is 8.40. The van der Waals surface area contributed by atoms with Crippen molar-refractivity contribution in [3.05, 3.63) is 101 Å². The van der Waals surface area contributed by atoms with E-state index in [2.05, 4.69) is 31.2 Å². The number of para-hydroxylation sites is 1. The van der Waals surface area contributed by atoms with Gasteiger partial charge in [0.25, 0.3) is 5.91 Å². The number of carbonyl (C=O) groups is 2. The number of hydrogen-bond donors (Lipinski definition) is 3. The molecule has 0 unspecified atom stereocenters. The Morgan fingerprint density at radius 2 is 1.72 bits per heavy atom. The summed E-state index contributed by atoms with van der Waals surface area (Å²) < 4.78 is 1.57. The summed E-state index contributed by atoms with van der Waals surface area (Å²) in [5.41, 5.74) is 4.30. The number of carbonyl (C=O) groups excluding carboxylic acids is 2. The Kier molecular flexibility index (Phi) is 6.29. The third-order valence-corrected chi connectivity index (χ3v) is 5.63. The lowest BCUT2D eigenvalue weighted by Gasteiger charge is -2.08. The summed E-state index contributed by atoms with van der Waals surface area (Å²) >= 11 is 6.08. The summed E-state index contributed by atoms with van der Waals surface area (Å²) in [4.78, 5) is 25.2. The molecule has 3 amide bonds. The molecule has 9 nitrogen and oxygen atoms in total. The maximum Gasteiger partial charge on any atom is 0.323 e. The zero-order valence-corrected chi connectivity index (χ0v) is 19.8. The van der Waals surface area contributed by atoms with E-state index in [-0.39, 0.29) is 5.91 Å². The largest absolute Gasteiger partial charge is 0.323 e. The zero-order valence-electron chi connectivity index (χ0n) is 19.1. The standard InChI is InChI=1S/C26H20ClN7O2/c1-16-11-18-12-19(9-10-23(18)33-32-16)29-25(35)17-5-4-6-21(13-17)34-15-20(14-28-34)30-26(36)31-24-8-3-2-7-22(24)27/h2-15H,1H3,(H,29,35)(H2,30,31,36). The highest BCUT2D eigenvalue weighted by Crippen LogP contribution is 2.22. The van der Waals surface area contributed by atoms with Gasteiger partial charge in [-0.3, -0.25) is 4.79 Å². The first-order valence-electron chi connectivity index (χ1n) is 11.0. The van der Waals surface area contributed by atoms with Gasteiger partial charge in [0, 0.05) is 16.6 Å². The predicted molar refractivity (Wildman–Crippen MR) is 140 cm³/mol. The number of halogens is 1. The molecule has 0 saturated carbocycles. The second kappa shape index (κ2) is 9.85. The lowest BCUT2D eigenvalue weighted by atomic mass is 10.1. The summed E-state index contributed by atoms with van der Waals surface area (Å²) in [6.45, 7) is 1.87. The maximum atomic E-state index is 12.9. The van der Waals surface area contributed by atoms with E-state index in [1.165, 1.54) is 6.20 Å². The number of aryl methyl sites for hydroxylation is 1. The molecule has 0 aliphatic carbocycles. The Morgan fingerprint density at radius 3 is 2.58 bits per heavy atom. The number of amides is 3. The summed E-state index contributed by atoms with van der Waals surface area (Å²) in [7, 11) is 0. The fourth-order valence-corrected chi connectivity index (χ4v) is 3.78. The van der Waals surface area contributed by atoms with Gasteiger partial charge in [0.1, 0.15) is 0 Å². The molecule has 5 rings (SSSR count). The van der Waals surface area contributed by atoms with Gasteiger partial charge in [-0.2, -0.15) is 15.3 Å². The number of nitrogens with one attached hydrogen (secondary N) is 3. The monoisotopic (exact) mass is 497 g/mol. The molecular weight excluding hydrogens is 478 g/mol. The average Bonchev–Trinajstić information content (AvgIpc) is 3.33. The van der Waals surface area contributed by atoms with Crippen LogP contribution in [0.3, 0.4) is 0 Å². The SMILES string of the molecule is Cc1cc2cc(NC(=O)c3cccc(-n4cc(NC(=O)Nc5ccccc5Cl)cn4)c3)ccc2nn1. The Bertz CT molecular complexity index is 1600. The highest BCUT2D eigenvalue weighted by Gasteiger charge is 2.11. The van der Waals surface area contributed by atoms with Crippen molar-refractivity contribution in [1.29, 1.82) is 0 Å². The van der Waals surface area contributed by atoms with Crippen molar-refractivity contribution in [2.24, 2.45) is 0 Å². The van der Waals surface area contributed by atoms with Crippen LogP contribution in [0.2, 0.25) is 5.02 Å². The van der Waals surface area contributed by atoms with E-state index >= 15 is 0 Å². The number of hydrogen-bond acceptors (Lipinski definition) is 5. The molecule has 178 valence electrons. The second-order valence-electron chi connectivity index (χ2n) is 8.00. The molecule has 0 bridgehead atoms. The van der Waals surface area contributed by atoms with E-state index in [9.17, 15) is 9.59 Å². The topological polar surface area (TPSA) is 114 Å². The number of aromatic nitrogens is 4. The number of urea groups is 1. The zero-order chi connectivity index (χ0) is 25.1. The summed E-state index contributed by atoms with van der Waals surface area (Å²) in [6, 6.07) is 20.9. The Hall–Kier alpha value is -4.76. The van der Waals surface area contributed by atoms with Gasteiger partial charge in [0.05, 0.1) is 45.7 Å². The fourth-order valence-electron chi connectivity index (χ4n) is 3.59. The van der Waals surface area contributed by atoms with Gasteiger partial charge in [-0.1, -0.05) is 29.8 Å². The van der Waals surface area contributed by atoms with Gasteiger partial charge in [-0.15, -0.1) is 0 Å². The van der Waals surface area contributed by atoms with Crippen molar-refractivity contribution in [2.45, 2.75) is 6.92 Å². The van der Waals surface area contributed by atoms with Crippen LogP contribution in [0, 0.1) is 6.92 Å². The highest BCUT2D eigenvalue weighted by atomic mass is 35.5. The lowest BCUT2D eigenvalue weighted by Crippen LogP contribution is -2.19. The molecule has 5 aromatic rings. The van der Waals surface area contributed by atoms with Gasteiger partial charge in [-0.05, 0) is 61.5 Å². The van der Waals surface area contributed by atoms with Crippen molar-refractivity contribution < 1.29 is 9.59 Å². The van der Waals surface area contributed by atoms with Crippen molar-refractivity contribution in [3.63, 3.8) is 0 Å². The van der Waals surface area contributed by atoms with Crippen LogP contribution in [-0.2, 0) is 0 Å². The molecule has 3 N–H and O–H groups in total. The van der Waals surface area contributed by atoms with Crippen LogP contribution >= 0.6 is 11.6 Å². The quantitative estimate of drug-likeness (QED) is 0.289. The third-order valence-electron chi connectivity index (χ3n) is 5.30. The molecule has 2 heterocycles. The number of rotatable bonds is 5.